The monoisotopic (exact) mass is 262 g/mol. The predicted octanol–water partition coefficient (Wildman–Crippen LogP) is 2.54. The molecule has 1 aliphatic rings. The molecule has 0 N–H and O–H groups in total. The second kappa shape index (κ2) is 3.95. The molecule has 0 amide bonds. The maximum absolute atomic E-state index is 11.3. The molecule has 0 saturated carbocycles. The van der Waals surface area contributed by atoms with E-state index >= 15 is 0 Å². The normalized spacial score (nSPS) is 14.9. The summed E-state index contributed by atoms with van der Waals surface area (Å²) in [6.07, 6.45) is 4.20. The molecule has 0 atom stereocenters. The summed E-state index contributed by atoms with van der Waals surface area (Å²) in [5.41, 5.74) is 1.07. The summed E-state index contributed by atoms with van der Waals surface area (Å²) >= 11 is 3.33. The first-order valence-electron chi connectivity index (χ1n) is 4.41. The van der Waals surface area contributed by atoms with Crippen molar-refractivity contribution in [3.8, 4) is 0 Å². The Balaban J connectivity index is 2.39. The third-order valence-corrected chi connectivity index (χ3v) is 2.57. The van der Waals surface area contributed by atoms with Gasteiger partial charge in [0.1, 0.15) is 0 Å². The van der Waals surface area contributed by atoms with Gasteiger partial charge < -0.3 is 0 Å². The molecule has 2 rings (SSSR count). The van der Waals surface area contributed by atoms with Crippen LogP contribution < -0.4 is 0 Å². The summed E-state index contributed by atoms with van der Waals surface area (Å²) in [5.74, 6) is -0.444. The molecule has 0 saturated heterocycles. The van der Waals surface area contributed by atoms with Gasteiger partial charge >= 0.3 is 0 Å². The van der Waals surface area contributed by atoms with Crippen molar-refractivity contribution in [3.63, 3.8) is 0 Å². The number of ketones is 2. The van der Waals surface area contributed by atoms with Gasteiger partial charge in [-0.2, -0.15) is 0 Å². The van der Waals surface area contributed by atoms with E-state index in [2.05, 4.69) is 15.9 Å². The summed E-state index contributed by atoms with van der Waals surface area (Å²) in [4.78, 5) is 22.6. The highest BCUT2D eigenvalue weighted by atomic mass is 79.9. The zero-order valence-corrected chi connectivity index (χ0v) is 9.32. The molecule has 0 aliphatic heterocycles. The lowest BCUT2D eigenvalue weighted by molar-refractivity contribution is -0.115. The number of carbonyl (C=O) groups excluding carboxylic acids is 2. The van der Waals surface area contributed by atoms with Crippen LogP contribution in [0.4, 0.5) is 0 Å². The van der Waals surface area contributed by atoms with Crippen LogP contribution >= 0.6 is 15.9 Å². The number of rotatable bonds is 1. The van der Waals surface area contributed by atoms with Crippen LogP contribution in [0, 0.1) is 0 Å². The van der Waals surface area contributed by atoms with E-state index in [4.69, 9.17) is 0 Å². The minimum absolute atomic E-state index is 0.222. The molecule has 0 spiro atoms. The quantitative estimate of drug-likeness (QED) is 0.576. The van der Waals surface area contributed by atoms with Crippen molar-refractivity contribution in [3.05, 3.63) is 52.0 Å². The fourth-order valence-electron chi connectivity index (χ4n) is 1.36. The first-order chi connectivity index (χ1) is 7.16. The fourth-order valence-corrected chi connectivity index (χ4v) is 1.77. The first-order valence-corrected chi connectivity index (χ1v) is 5.20. The Morgan fingerprint density at radius 3 is 2.33 bits per heavy atom. The number of hydrogen-bond acceptors (Lipinski definition) is 2. The number of allylic oxidation sites excluding steroid dienone is 3. The molecular weight excluding hydrogens is 256 g/mol. The average molecular weight is 263 g/mol. The van der Waals surface area contributed by atoms with Crippen LogP contribution in [0.1, 0.15) is 5.56 Å². The highest BCUT2D eigenvalue weighted by Gasteiger charge is 2.19. The summed E-state index contributed by atoms with van der Waals surface area (Å²) in [7, 11) is 0. The smallest absolute Gasteiger partial charge is 0.189 e. The fraction of sp³-hybridized carbons (Fsp3) is 0. The second-order valence-corrected chi connectivity index (χ2v) is 4.09. The SMILES string of the molecule is O=C1C=CC(=O)C1=Cc1cccc(Br)c1. The third-order valence-electron chi connectivity index (χ3n) is 2.08. The van der Waals surface area contributed by atoms with Gasteiger partial charge in [0.05, 0.1) is 5.57 Å². The van der Waals surface area contributed by atoms with Crippen molar-refractivity contribution >= 4 is 33.6 Å². The van der Waals surface area contributed by atoms with Gasteiger partial charge in [0.2, 0.25) is 0 Å². The maximum atomic E-state index is 11.3. The lowest BCUT2D eigenvalue weighted by Gasteiger charge is -1.96. The molecule has 1 aromatic rings. The molecule has 2 nitrogen and oxygen atoms in total. The zero-order valence-electron chi connectivity index (χ0n) is 7.74. The van der Waals surface area contributed by atoms with Crippen LogP contribution in [0.2, 0.25) is 0 Å². The van der Waals surface area contributed by atoms with Crippen molar-refractivity contribution in [1.82, 2.24) is 0 Å². The Morgan fingerprint density at radius 2 is 1.73 bits per heavy atom. The molecule has 0 aromatic heterocycles. The van der Waals surface area contributed by atoms with Gasteiger partial charge in [-0.05, 0) is 35.9 Å². The van der Waals surface area contributed by atoms with Gasteiger partial charge in [-0.15, -0.1) is 0 Å². The van der Waals surface area contributed by atoms with Gasteiger partial charge in [0, 0.05) is 4.47 Å². The average Bonchev–Trinajstić information content (AvgIpc) is 2.50. The van der Waals surface area contributed by atoms with E-state index < -0.39 is 0 Å². The van der Waals surface area contributed by atoms with Crippen LogP contribution in [0.5, 0.6) is 0 Å². The summed E-state index contributed by atoms with van der Waals surface area (Å²) < 4.78 is 0.919. The van der Waals surface area contributed by atoms with E-state index in [1.54, 1.807) is 6.08 Å². The molecule has 0 heterocycles. The molecule has 0 bridgehead atoms. The van der Waals surface area contributed by atoms with E-state index in [0.29, 0.717) is 0 Å². The molecule has 1 aliphatic carbocycles. The van der Waals surface area contributed by atoms with Crippen LogP contribution in [-0.2, 0) is 9.59 Å². The van der Waals surface area contributed by atoms with Crippen LogP contribution in [-0.4, -0.2) is 11.6 Å². The maximum Gasteiger partial charge on any atom is 0.189 e. The summed E-state index contributed by atoms with van der Waals surface area (Å²) in [5, 5.41) is 0. The molecule has 1 aromatic carbocycles. The highest BCUT2D eigenvalue weighted by molar-refractivity contribution is 9.10. The first kappa shape index (κ1) is 10.1. The van der Waals surface area contributed by atoms with E-state index in [0.717, 1.165) is 10.0 Å². The predicted molar refractivity (Wildman–Crippen MR) is 61.3 cm³/mol. The van der Waals surface area contributed by atoms with Crippen molar-refractivity contribution in [2.45, 2.75) is 0 Å². The molecule has 3 heteroatoms. The Labute approximate surface area is 95.4 Å². The van der Waals surface area contributed by atoms with E-state index in [-0.39, 0.29) is 17.1 Å². The van der Waals surface area contributed by atoms with E-state index in [1.165, 1.54) is 12.2 Å². The third kappa shape index (κ3) is 2.13. The van der Waals surface area contributed by atoms with Crippen LogP contribution in [0.15, 0.2) is 46.5 Å². The van der Waals surface area contributed by atoms with Crippen molar-refractivity contribution in [1.29, 1.82) is 0 Å². The molecule has 15 heavy (non-hydrogen) atoms. The largest absolute Gasteiger partial charge is 0.289 e. The Morgan fingerprint density at radius 1 is 1.07 bits per heavy atom. The summed E-state index contributed by atoms with van der Waals surface area (Å²) in [6.45, 7) is 0. The van der Waals surface area contributed by atoms with Crippen LogP contribution in [0.25, 0.3) is 6.08 Å². The highest BCUT2D eigenvalue weighted by Crippen LogP contribution is 2.17. The summed E-state index contributed by atoms with van der Waals surface area (Å²) in [6, 6.07) is 7.44. The van der Waals surface area contributed by atoms with Crippen LogP contribution in [0.3, 0.4) is 0 Å². The Bertz CT molecular complexity index is 478. The topological polar surface area (TPSA) is 34.1 Å². The van der Waals surface area contributed by atoms with Gasteiger partial charge in [-0.3, -0.25) is 9.59 Å². The number of carbonyl (C=O) groups is 2. The van der Waals surface area contributed by atoms with Gasteiger partial charge in [0.15, 0.2) is 11.6 Å². The molecule has 74 valence electrons. The van der Waals surface area contributed by atoms with Crippen molar-refractivity contribution < 1.29 is 9.59 Å². The number of halogens is 1. The van der Waals surface area contributed by atoms with Gasteiger partial charge in [0.25, 0.3) is 0 Å². The van der Waals surface area contributed by atoms with Crippen molar-refractivity contribution in [2.75, 3.05) is 0 Å². The Hall–Kier alpha value is -1.48. The Kier molecular flexibility index (Phi) is 2.64. The molecule has 0 unspecified atom stereocenters. The van der Waals surface area contributed by atoms with Crippen molar-refractivity contribution in [2.24, 2.45) is 0 Å². The number of hydrogen-bond donors (Lipinski definition) is 0. The minimum Gasteiger partial charge on any atom is -0.289 e. The molecular formula is C12H7BrO2. The van der Waals surface area contributed by atoms with E-state index in [1.807, 2.05) is 24.3 Å². The zero-order chi connectivity index (χ0) is 10.8. The lowest BCUT2D eigenvalue weighted by atomic mass is 10.1. The number of benzene rings is 1. The molecule has 0 radical (unpaired) electrons. The minimum atomic E-state index is -0.222. The lowest BCUT2D eigenvalue weighted by Crippen LogP contribution is -2.00. The second-order valence-electron chi connectivity index (χ2n) is 3.17. The van der Waals surface area contributed by atoms with Gasteiger partial charge in [-0.25, -0.2) is 0 Å². The van der Waals surface area contributed by atoms with E-state index in [9.17, 15) is 9.59 Å². The standard InChI is InChI=1S/C12H7BrO2/c13-9-3-1-2-8(6-9)7-10-11(14)4-5-12(10)15/h1-7H. The molecule has 0 fully saturated rings. The van der Waals surface area contributed by atoms with Gasteiger partial charge in [-0.1, -0.05) is 28.1 Å².